The monoisotopic (exact) mass is 277 g/mol. The zero-order valence-corrected chi connectivity index (χ0v) is 10.9. The first-order valence-corrected chi connectivity index (χ1v) is 6.04. The molecule has 2 aromatic rings. The van der Waals surface area contributed by atoms with Gasteiger partial charge >= 0.3 is 5.97 Å². The Kier molecular flexibility index (Phi) is 4.49. The van der Waals surface area contributed by atoms with E-state index in [4.69, 9.17) is 4.42 Å². The average molecular weight is 277 g/mol. The zero-order valence-electron chi connectivity index (χ0n) is 10.9. The lowest BCUT2D eigenvalue weighted by Gasteiger charge is -2.14. The van der Waals surface area contributed by atoms with Gasteiger partial charge in [-0.1, -0.05) is 30.3 Å². The molecule has 2 N–H and O–H groups in total. The molecule has 0 saturated heterocycles. The fourth-order valence-electron chi connectivity index (χ4n) is 1.73. The van der Waals surface area contributed by atoms with E-state index < -0.39 is 18.2 Å². The number of methoxy groups -OCH3 is 1. The number of aliphatic hydroxyl groups excluding tert-OH is 2. The van der Waals surface area contributed by atoms with Crippen LogP contribution in [-0.2, 0) is 16.0 Å². The van der Waals surface area contributed by atoms with Crippen LogP contribution in [0.4, 0.5) is 0 Å². The van der Waals surface area contributed by atoms with Crippen LogP contribution in [0.5, 0.6) is 0 Å². The van der Waals surface area contributed by atoms with Gasteiger partial charge in [-0.05, 0) is 5.56 Å². The molecule has 0 radical (unpaired) electrons. The van der Waals surface area contributed by atoms with E-state index in [9.17, 15) is 15.0 Å². The van der Waals surface area contributed by atoms with E-state index in [0.717, 1.165) is 0 Å². The Morgan fingerprint density at radius 3 is 2.65 bits per heavy atom. The number of oxazole rings is 1. The minimum atomic E-state index is -1.30. The Hall–Kier alpha value is -2.18. The molecule has 0 bridgehead atoms. The maximum atomic E-state index is 11.1. The SMILES string of the molecule is COC(=O)Cc1coc([C@@H](O)[C@@H](O)c2ccccc2)n1. The largest absolute Gasteiger partial charge is 0.469 e. The summed E-state index contributed by atoms with van der Waals surface area (Å²) < 4.78 is 9.59. The third kappa shape index (κ3) is 3.23. The highest BCUT2D eigenvalue weighted by Gasteiger charge is 2.25. The smallest absolute Gasteiger partial charge is 0.311 e. The fraction of sp³-hybridized carbons (Fsp3) is 0.286. The minimum absolute atomic E-state index is 0.0414. The number of rotatable bonds is 5. The van der Waals surface area contributed by atoms with Gasteiger partial charge < -0.3 is 19.4 Å². The van der Waals surface area contributed by atoms with Gasteiger partial charge in [0.2, 0.25) is 5.89 Å². The summed E-state index contributed by atoms with van der Waals surface area (Å²) in [6.45, 7) is 0. The van der Waals surface area contributed by atoms with Gasteiger partial charge in [0, 0.05) is 0 Å². The second-order valence-corrected chi connectivity index (χ2v) is 4.23. The predicted octanol–water partition coefficient (Wildman–Crippen LogP) is 1.16. The molecule has 0 spiro atoms. The second kappa shape index (κ2) is 6.31. The Morgan fingerprint density at radius 1 is 1.30 bits per heavy atom. The van der Waals surface area contributed by atoms with Gasteiger partial charge in [-0.15, -0.1) is 0 Å². The summed E-state index contributed by atoms with van der Waals surface area (Å²) in [5, 5.41) is 20.1. The molecule has 0 fully saturated rings. The summed E-state index contributed by atoms with van der Waals surface area (Å²) >= 11 is 0. The number of nitrogens with zero attached hydrogens (tertiary/aromatic N) is 1. The maximum absolute atomic E-state index is 11.1. The molecule has 0 amide bonds. The Balaban J connectivity index is 2.09. The van der Waals surface area contributed by atoms with E-state index in [2.05, 4.69) is 9.72 Å². The molecule has 1 aromatic carbocycles. The zero-order chi connectivity index (χ0) is 14.5. The lowest BCUT2D eigenvalue weighted by molar-refractivity contribution is -0.139. The third-order valence-corrected chi connectivity index (χ3v) is 2.82. The number of aromatic nitrogens is 1. The molecule has 2 rings (SSSR count). The Labute approximate surface area is 115 Å². The molecule has 0 aliphatic rings. The highest BCUT2D eigenvalue weighted by Crippen LogP contribution is 2.27. The summed E-state index contributed by atoms with van der Waals surface area (Å²) in [4.78, 5) is 15.1. The normalized spacial score (nSPS) is 13.8. The number of esters is 1. The molecule has 0 saturated carbocycles. The van der Waals surface area contributed by atoms with Crippen LogP contribution in [-0.4, -0.2) is 28.3 Å². The van der Waals surface area contributed by atoms with Crippen molar-refractivity contribution in [1.29, 1.82) is 0 Å². The molecule has 6 heteroatoms. The van der Waals surface area contributed by atoms with Crippen LogP contribution in [0.25, 0.3) is 0 Å². The van der Waals surface area contributed by atoms with E-state index in [1.165, 1.54) is 13.4 Å². The Bertz CT molecular complexity index is 566. The average Bonchev–Trinajstić information content (AvgIpc) is 2.95. The highest BCUT2D eigenvalue weighted by atomic mass is 16.5. The number of ether oxygens (including phenoxy) is 1. The van der Waals surface area contributed by atoms with Gasteiger partial charge in [0.25, 0.3) is 0 Å². The van der Waals surface area contributed by atoms with Crippen molar-refractivity contribution in [3.05, 3.63) is 53.7 Å². The fourth-order valence-corrected chi connectivity index (χ4v) is 1.73. The first-order valence-electron chi connectivity index (χ1n) is 6.04. The number of benzene rings is 1. The summed E-state index contributed by atoms with van der Waals surface area (Å²) in [5.74, 6) is -0.497. The van der Waals surface area contributed by atoms with Crippen molar-refractivity contribution in [2.75, 3.05) is 7.11 Å². The predicted molar refractivity (Wildman–Crippen MR) is 68.6 cm³/mol. The van der Waals surface area contributed by atoms with E-state index in [0.29, 0.717) is 11.3 Å². The summed E-state index contributed by atoms with van der Waals surface area (Å²) in [6.07, 6.45) is -1.24. The summed E-state index contributed by atoms with van der Waals surface area (Å²) in [6, 6.07) is 8.69. The van der Waals surface area contributed by atoms with Gasteiger partial charge in [0.05, 0.1) is 19.2 Å². The molecular weight excluding hydrogens is 262 g/mol. The molecular formula is C14H15NO5. The van der Waals surface area contributed by atoms with Crippen molar-refractivity contribution in [2.45, 2.75) is 18.6 Å². The standard InChI is InChI=1S/C14H15NO5/c1-19-11(16)7-10-8-20-14(15-10)13(18)12(17)9-5-3-2-4-6-9/h2-6,8,12-13,17-18H,7H2,1H3/t12-,13-/m0/s1. The number of carbonyl (C=O) groups excluding carboxylic acids is 1. The lowest BCUT2D eigenvalue weighted by atomic mass is 10.0. The summed E-state index contributed by atoms with van der Waals surface area (Å²) in [7, 11) is 1.28. The van der Waals surface area contributed by atoms with Gasteiger partial charge in [-0.2, -0.15) is 0 Å². The molecule has 20 heavy (non-hydrogen) atoms. The van der Waals surface area contributed by atoms with Crippen LogP contribution in [0.2, 0.25) is 0 Å². The molecule has 1 heterocycles. The topological polar surface area (TPSA) is 92.8 Å². The second-order valence-electron chi connectivity index (χ2n) is 4.23. The van der Waals surface area contributed by atoms with Gasteiger partial charge in [-0.25, -0.2) is 4.98 Å². The van der Waals surface area contributed by atoms with Crippen LogP contribution in [0, 0.1) is 0 Å². The number of hydrogen-bond acceptors (Lipinski definition) is 6. The van der Waals surface area contributed by atoms with Crippen LogP contribution in [0.15, 0.2) is 41.0 Å². The van der Waals surface area contributed by atoms with Crippen molar-refractivity contribution < 1.29 is 24.2 Å². The molecule has 106 valence electrons. The highest BCUT2D eigenvalue weighted by molar-refractivity contribution is 5.71. The van der Waals surface area contributed by atoms with E-state index in [-0.39, 0.29) is 12.3 Å². The first-order chi connectivity index (χ1) is 9.61. The molecule has 0 aliphatic heterocycles. The van der Waals surface area contributed by atoms with E-state index >= 15 is 0 Å². The minimum Gasteiger partial charge on any atom is -0.469 e. The maximum Gasteiger partial charge on any atom is 0.311 e. The van der Waals surface area contributed by atoms with Gasteiger partial charge in [-0.3, -0.25) is 4.79 Å². The van der Waals surface area contributed by atoms with Crippen LogP contribution in [0.3, 0.4) is 0 Å². The van der Waals surface area contributed by atoms with Crippen molar-refractivity contribution in [2.24, 2.45) is 0 Å². The number of aliphatic hydroxyl groups is 2. The van der Waals surface area contributed by atoms with Crippen molar-refractivity contribution in [3.8, 4) is 0 Å². The van der Waals surface area contributed by atoms with Crippen molar-refractivity contribution >= 4 is 5.97 Å². The molecule has 1 aromatic heterocycles. The molecule has 2 atom stereocenters. The van der Waals surface area contributed by atoms with Crippen molar-refractivity contribution in [3.63, 3.8) is 0 Å². The lowest BCUT2D eigenvalue weighted by Crippen LogP contribution is -2.11. The van der Waals surface area contributed by atoms with Crippen LogP contribution >= 0.6 is 0 Å². The molecule has 6 nitrogen and oxygen atoms in total. The van der Waals surface area contributed by atoms with Crippen LogP contribution in [0.1, 0.15) is 29.4 Å². The number of hydrogen-bond donors (Lipinski definition) is 2. The summed E-state index contributed by atoms with van der Waals surface area (Å²) in [5.41, 5.74) is 0.888. The number of carbonyl (C=O) groups is 1. The quantitative estimate of drug-likeness (QED) is 0.797. The Morgan fingerprint density at radius 2 is 2.00 bits per heavy atom. The molecule has 0 aliphatic carbocycles. The van der Waals surface area contributed by atoms with Crippen molar-refractivity contribution in [1.82, 2.24) is 4.98 Å². The first kappa shape index (κ1) is 14.2. The molecule has 0 unspecified atom stereocenters. The third-order valence-electron chi connectivity index (χ3n) is 2.82. The van der Waals surface area contributed by atoms with Gasteiger partial charge in [0.15, 0.2) is 6.10 Å². The van der Waals surface area contributed by atoms with E-state index in [1.54, 1.807) is 24.3 Å². The van der Waals surface area contributed by atoms with Crippen LogP contribution < -0.4 is 0 Å². The van der Waals surface area contributed by atoms with E-state index in [1.807, 2.05) is 6.07 Å². The van der Waals surface area contributed by atoms with Gasteiger partial charge in [0.1, 0.15) is 12.4 Å².